The molecular formula is C34H27FN6O3S. The summed E-state index contributed by atoms with van der Waals surface area (Å²) in [6.45, 7) is 1.13. The van der Waals surface area contributed by atoms with Gasteiger partial charge in [0.25, 0.3) is 0 Å². The largest absolute Gasteiger partial charge is 0.337 e. The number of benzene rings is 3. The topological polar surface area (TPSA) is 110 Å². The molecule has 3 aromatic carbocycles. The second kappa shape index (κ2) is 11.7. The van der Waals surface area contributed by atoms with Crippen molar-refractivity contribution in [3.8, 4) is 21.7 Å². The summed E-state index contributed by atoms with van der Waals surface area (Å²) in [7, 11) is 0. The van der Waals surface area contributed by atoms with E-state index in [4.69, 9.17) is 4.98 Å². The van der Waals surface area contributed by atoms with Crippen LogP contribution in [-0.2, 0) is 16.1 Å². The van der Waals surface area contributed by atoms with Crippen LogP contribution < -0.4 is 5.32 Å². The smallest absolute Gasteiger partial charge is 0.247 e. The summed E-state index contributed by atoms with van der Waals surface area (Å²) < 4.78 is 17.5. The molecule has 1 N–H and O–H groups in total. The number of amides is 2. The first-order chi connectivity index (χ1) is 21.9. The van der Waals surface area contributed by atoms with Crippen molar-refractivity contribution in [2.45, 2.75) is 32.1 Å². The number of thiazole rings is 1. The predicted octanol–water partition coefficient (Wildman–Crippen LogP) is 6.16. The molecule has 11 heteroatoms. The van der Waals surface area contributed by atoms with Gasteiger partial charge in [-0.2, -0.15) is 10.2 Å². The van der Waals surface area contributed by atoms with Crippen LogP contribution in [0.25, 0.3) is 42.8 Å². The molecule has 3 aromatic heterocycles. The summed E-state index contributed by atoms with van der Waals surface area (Å²) in [4.78, 5) is 45.9. The Kier molecular flexibility index (Phi) is 7.38. The lowest BCUT2D eigenvalue weighted by Gasteiger charge is -2.24. The van der Waals surface area contributed by atoms with E-state index in [1.807, 2.05) is 66.7 Å². The molecular weight excluding hydrogens is 591 g/mol. The fraction of sp³-hybridized carbons (Fsp3) is 0.176. The van der Waals surface area contributed by atoms with E-state index in [9.17, 15) is 18.8 Å². The Morgan fingerprint density at radius 2 is 1.82 bits per heavy atom. The molecule has 2 unspecified atom stereocenters. The molecule has 0 spiro atoms. The number of carbonyl (C=O) groups is 3. The fourth-order valence-corrected chi connectivity index (χ4v) is 6.88. The Balaban J connectivity index is 1.14. The third kappa shape index (κ3) is 5.46. The van der Waals surface area contributed by atoms with Crippen molar-refractivity contribution in [2.75, 3.05) is 11.9 Å². The van der Waals surface area contributed by atoms with Crippen molar-refractivity contribution in [1.29, 1.82) is 0 Å². The molecule has 2 amide bonds. The lowest BCUT2D eigenvalue weighted by molar-refractivity contribution is -0.137. The van der Waals surface area contributed by atoms with Crippen LogP contribution in [-0.4, -0.2) is 61.0 Å². The maximum atomic E-state index is 14.8. The predicted molar refractivity (Wildman–Crippen MR) is 172 cm³/mol. The number of hydrogen-bond acceptors (Lipinski definition) is 7. The molecule has 9 nitrogen and oxygen atoms in total. The molecule has 2 atom stereocenters. The number of rotatable bonds is 7. The zero-order chi connectivity index (χ0) is 31.1. The first kappa shape index (κ1) is 28.5. The Morgan fingerprint density at radius 3 is 2.62 bits per heavy atom. The summed E-state index contributed by atoms with van der Waals surface area (Å²) in [6.07, 6.45) is 3.43. The molecule has 0 bridgehead atoms. The Bertz CT molecular complexity index is 2060. The van der Waals surface area contributed by atoms with Crippen molar-refractivity contribution < 1.29 is 18.8 Å². The van der Waals surface area contributed by atoms with Crippen LogP contribution in [0.2, 0.25) is 0 Å². The second-order valence-corrected chi connectivity index (χ2v) is 12.0. The number of nitrogens with one attached hydrogen (secondary N) is 1. The highest BCUT2D eigenvalue weighted by molar-refractivity contribution is 7.21. The number of hydrogen-bond donors (Lipinski definition) is 1. The zero-order valence-corrected chi connectivity index (χ0v) is 25.0. The molecule has 7 rings (SSSR count). The third-order valence-corrected chi connectivity index (χ3v) is 9.14. The van der Waals surface area contributed by atoms with Crippen LogP contribution in [0.1, 0.15) is 23.7 Å². The third-order valence-electron chi connectivity index (χ3n) is 8.07. The SMILES string of the molecule is CC(=O)c1cn(CC(=O)N2CC(F)CC2C(=O)Nc2ccccc2-c2nc3ccccc3s2)c2ccc(-c3ccnnc3)cc12. The van der Waals surface area contributed by atoms with Crippen molar-refractivity contribution in [1.82, 2.24) is 24.6 Å². The number of likely N-dealkylation sites (tertiary alicyclic amines) is 1. The van der Waals surface area contributed by atoms with Crippen molar-refractivity contribution in [3.63, 3.8) is 0 Å². The maximum Gasteiger partial charge on any atom is 0.247 e. The number of alkyl halides is 1. The van der Waals surface area contributed by atoms with Gasteiger partial charge >= 0.3 is 0 Å². The number of ketones is 1. The van der Waals surface area contributed by atoms with Gasteiger partial charge in [-0.05, 0) is 55.0 Å². The van der Waals surface area contributed by atoms with Crippen LogP contribution >= 0.6 is 11.3 Å². The van der Waals surface area contributed by atoms with Gasteiger partial charge in [0.1, 0.15) is 23.8 Å². The van der Waals surface area contributed by atoms with Crippen molar-refractivity contribution in [3.05, 3.63) is 97.0 Å². The standard InChI is InChI=1S/C34H27FN6O3S/c1-20(42)26-18-40(29-11-10-21(14-25(26)29)22-12-13-36-37-16-22)19-32(43)41-17-23(35)15-30(41)33(44)38-27-7-3-2-6-24(27)34-39-28-8-4-5-9-31(28)45-34/h2-14,16,18,23,30H,15,17,19H2,1H3,(H,38,44). The first-order valence-corrected chi connectivity index (χ1v) is 15.3. The van der Waals surface area contributed by atoms with Crippen LogP contribution in [0, 0.1) is 0 Å². The maximum absolute atomic E-state index is 14.8. The minimum absolute atomic E-state index is 0.102. The molecule has 1 aliphatic heterocycles. The summed E-state index contributed by atoms with van der Waals surface area (Å²) >= 11 is 1.52. The lowest BCUT2D eigenvalue weighted by Crippen LogP contribution is -2.44. The number of halogens is 1. The highest BCUT2D eigenvalue weighted by Crippen LogP contribution is 2.35. The van der Waals surface area contributed by atoms with Gasteiger partial charge in [-0.3, -0.25) is 14.4 Å². The summed E-state index contributed by atoms with van der Waals surface area (Å²) in [5, 5.41) is 12.1. The van der Waals surface area contributed by atoms with Crippen LogP contribution in [0.15, 0.2) is 91.4 Å². The Morgan fingerprint density at radius 1 is 1.00 bits per heavy atom. The number of Topliss-reactive ketones (excluding diaryl/α,β-unsaturated/α-hetero) is 1. The molecule has 1 fully saturated rings. The number of fused-ring (bicyclic) bond motifs is 2. The quantitative estimate of drug-likeness (QED) is 0.215. The fourth-order valence-electron chi connectivity index (χ4n) is 5.88. The van der Waals surface area contributed by atoms with E-state index in [1.54, 1.807) is 29.2 Å². The Hall–Kier alpha value is -5.29. The molecule has 0 saturated carbocycles. The molecule has 4 heterocycles. The van der Waals surface area contributed by atoms with Gasteiger partial charge in [0.15, 0.2) is 5.78 Å². The number of nitrogens with zero attached hydrogens (tertiary/aromatic N) is 5. The van der Waals surface area contributed by atoms with E-state index >= 15 is 0 Å². The highest BCUT2D eigenvalue weighted by atomic mass is 32.1. The minimum atomic E-state index is -1.34. The number of para-hydroxylation sites is 2. The van der Waals surface area contributed by atoms with Crippen LogP contribution in [0.3, 0.4) is 0 Å². The lowest BCUT2D eigenvalue weighted by atomic mass is 10.0. The van der Waals surface area contributed by atoms with E-state index in [1.165, 1.54) is 23.2 Å². The van der Waals surface area contributed by atoms with Crippen LogP contribution in [0.4, 0.5) is 10.1 Å². The highest BCUT2D eigenvalue weighted by Gasteiger charge is 2.40. The molecule has 1 saturated heterocycles. The molecule has 224 valence electrons. The average molecular weight is 619 g/mol. The molecule has 0 aliphatic carbocycles. The molecule has 0 radical (unpaired) electrons. The van der Waals surface area contributed by atoms with Crippen LogP contribution in [0.5, 0.6) is 0 Å². The number of carbonyl (C=O) groups excluding carboxylic acids is 3. The second-order valence-electron chi connectivity index (χ2n) is 11.0. The van der Waals surface area contributed by atoms with E-state index in [0.29, 0.717) is 22.2 Å². The van der Waals surface area contributed by atoms with E-state index in [2.05, 4.69) is 15.5 Å². The Labute approximate surface area is 261 Å². The van der Waals surface area contributed by atoms with Gasteiger partial charge in [0.2, 0.25) is 11.8 Å². The summed E-state index contributed by atoms with van der Waals surface area (Å²) in [6, 6.07) is 21.6. The van der Waals surface area contributed by atoms with Crippen molar-refractivity contribution in [2.24, 2.45) is 0 Å². The van der Waals surface area contributed by atoms with Gasteiger partial charge < -0.3 is 14.8 Å². The monoisotopic (exact) mass is 618 g/mol. The summed E-state index contributed by atoms with van der Waals surface area (Å²) in [5.41, 5.74) is 4.99. The van der Waals surface area contributed by atoms with Gasteiger partial charge in [0.05, 0.1) is 34.8 Å². The number of aromatic nitrogens is 4. The zero-order valence-electron chi connectivity index (χ0n) is 24.2. The van der Waals surface area contributed by atoms with Gasteiger partial charge in [-0.15, -0.1) is 11.3 Å². The minimum Gasteiger partial charge on any atom is -0.337 e. The molecule has 1 aliphatic rings. The van der Waals surface area contributed by atoms with Crippen molar-refractivity contribution >= 4 is 55.7 Å². The normalized spacial score (nSPS) is 16.4. The molecule has 45 heavy (non-hydrogen) atoms. The van der Waals surface area contributed by atoms with Gasteiger partial charge in [-0.1, -0.05) is 30.3 Å². The number of anilines is 1. The van der Waals surface area contributed by atoms with E-state index in [0.717, 1.165) is 31.9 Å². The van der Waals surface area contributed by atoms with E-state index < -0.39 is 24.0 Å². The van der Waals surface area contributed by atoms with Gasteiger partial charge in [-0.25, -0.2) is 9.37 Å². The summed E-state index contributed by atoms with van der Waals surface area (Å²) in [5.74, 6) is -1.02. The molecule has 6 aromatic rings. The van der Waals surface area contributed by atoms with E-state index in [-0.39, 0.29) is 25.3 Å². The average Bonchev–Trinajstić information content (AvgIpc) is 3.76. The first-order valence-electron chi connectivity index (χ1n) is 14.5. The van der Waals surface area contributed by atoms with Gasteiger partial charge in [0, 0.05) is 40.2 Å².